The number of alkyl halides is 2. The van der Waals surface area contributed by atoms with E-state index in [1.165, 1.54) is 0 Å². The Morgan fingerprint density at radius 1 is 1.05 bits per heavy atom. The average molecular weight is 437 g/mol. The van der Waals surface area contributed by atoms with E-state index >= 15 is 0 Å². The van der Waals surface area contributed by atoms with Gasteiger partial charge in [0.05, 0.1) is 0 Å². The second kappa shape index (κ2) is 7.61. The number of thioether (sulfide) groups is 1. The molecule has 1 unspecified atom stereocenters. The second-order valence-corrected chi connectivity index (χ2v) is 7.27. The number of nitrogens with one attached hydrogen (secondary N) is 1. The van der Waals surface area contributed by atoms with Crippen molar-refractivity contribution in [2.45, 2.75) is 23.6 Å². The highest BCUT2D eigenvalue weighted by Crippen LogP contribution is 2.30. The summed E-state index contributed by atoms with van der Waals surface area (Å²) in [5.74, 6) is -2.39. The fourth-order valence-corrected chi connectivity index (χ4v) is 3.80. The first-order chi connectivity index (χ1) is 9.95. The molecule has 0 spiro atoms. The van der Waals surface area contributed by atoms with Crippen LogP contribution in [-0.4, -0.2) is 5.76 Å². The maximum Gasteiger partial charge on any atom is 0.288 e. The molecule has 21 heavy (non-hydrogen) atoms. The topological polar surface area (TPSA) is 12.0 Å². The molecule has 0 saturated carbocycles. The van der Waals surface area contributed by atoms with Gasteiger partial charge in [0.2, 0.25) is 0 Å². The van der Waals surface area contributed by atoms with Crippen molar-refractivity contribution in [2.24, 2.45) is 0 Å². The maximum absolute atomic E-state index is 12.3. The van der Waals surface area contributed by atoms with Gasteiger partial charge < -0.3 is 5.32 Å². The van der Waals surface area contributed by atoms with Crippen molar-refractivity contribution in [2.75, 3.05) is 5.32 Å². The number of hydrogen-bond acceptors (Lipinski definition) is 2. The van der Waals surface area contributed by atoms with Crippen LogP contribution in [0.1, 0.15) is 18.5 Å². The summed E-state index contributed by atoms with van der Waals surface area (Å²) in [5, 5.41) is 3.36. The molecule has 0 aliphatic rings. The third-order valence-corrected chi connectivity index (χ3v) is 4.79. The maximum atomic E-state index is 12.3. The summed E-state index contributed by atoms with van der Waals surface area (Å²) in [4.78, 5) is 0.563. The van der Waals surface area contributed by atoms with Gasteiger partial charge in [0.15, 0.2) is 0 Å². The molecular weight excluding hydrogens is 424 g/mol. The molecule has 0 aliphatic heterocycles. The number of anilines is 1. The highest BCUT2D eigenvalue weighted by Gasteiger charge is 2.10. The molecule has 0 radical (unpaired) electrons. The molecule has 2 aromatic rings. The van der Waals surface area contributed by atoms with Gasteiger partial charge >= 0.3 is 0 Å². The largest absolute Gasteiger partial charge is 0.378 e. The summed E-state index contributed by atoms with van der Waals surface area (Å²) < 4.78 is 26.6. The fraction of sp³-hybridized carbons (Fsp3) is 0.200. The summed E-state index contributed by atoms with van der Waals surface area (Å²) in [5.41, 5.74) is 2.03. The van der Waals surface area contributed by atoms with E-state index < -0.39 is 5.76 Å². The van der Waals surface area contributed by atoms with E-state index in [0.717, 1.165) is 20.2 Å². The summed E-state index contributed by atoms with van der Waals surface area (Å²) in [7, 11) is 0. The van der Waals surface area contributed by atoms with Crippen molar-refractivity contribution in [3.05, 3.63) is 57.0 Å². The Morgan fingerprint density at radius 2 is 1.71 bits per heavy atom. The zero-order valence-corrected chi connectivity index (χ0v) is 15.1. The number of benzene rings is 2. The Balaban J connectivity index is 2.06. The molecule has 6 heteroatoms. The van der Waals surface area contributed by atoms with Crippen LogP contribution in [0.25, 0.3) is 0 Å². The lowest BCUT2D eigenvalue weighted by Gasteiger charge is -2.17. The van der Waals surface area contributed by atoms with Crippen molar-refractivity contribution in [3.63, 3.8) is 0 Å². The van der Waals surface area contributed by atoms with Crippen LogP contribution in [-0.2, 0) is 0 Å². The van der Waals surface area contributed by atoms with Crippen LogP contribution in [0.15, 0.2) is 56.3 Å². The Morgan fingerprint density at radius 3 is 2.29 bits per heavy atom. The summed E-state index contributed by atoms with van der Waals surface area (Å²) >= 11 is 7.52. The van der Waals surface area contributed by atoms with E-state index in [1.807, 2.05) is 30.3 Å². The second-order valence-electron chi connectivity index (χ2n) is 4.43. The van der Waals surface area contributed by atoms with Crippen LogP contribution in [0, 0.1) is 0 Å². The first-order valence-corrected chi connectivity index (χ1v) is 8.68. The van der Waals surface area contributed by atoms with E-state index in [1.54, 1.807) is 12.1 Å². The Bertz CT molecular complexity index is 605. The van der Waals surface area contributed by atoms with E-state index in [4.69, 9.17) is 0 Å². The van der Waals surface area contributed by atoms with E-state index in [-0.39, 0.29) is 6.04 Å². The lowest BCUT2D eigenvalue weighted by Crippen LogP contribution is -2.07. The van der Waals surface area contributed by atoms with Gasteiger partial charge in [-0.05, 0) is 48.9 Å². The normalized spacial score (nSPS) is 12.5. The lowest BCUT2D eigenvalue weighted by molar-refractivity contribution is 0.252. The van der Waals surface area contributed by atoms with Crippen LogP contribution in [0.4, 0.5) is 14.5 Å². The van der Waals surface area contributed by atoms with Gasteiger partial charge in [-0.1, -0.05) is 49.7 Å². The first kappa shape index (κ1) is 16.8. The van der Waals surface area contributed by atoms with E-state index in [0.29, 0.717) is 16.7 Å². The fourth-order valence-electron chi connectivity index (χ4n) is 1.91. The molecule has 2 rings (SSSR count). The van der Waals surface area contributed by atoms with Crippen molar-refractivity contribution in [1.82, 2.24) is 0 Å². The minimum Gasteiger partial charge on any atom is -0.378 e. The van der Waals surface area contributed by atoms with Gasteiger partial charge in [-0.3, -0.25) is 0 Å². The van der Waals surface area contributed by atoms with Crippen molar-refractivity contribution in [3.8, 4) is 0 Å². The number of rotatable bonds is 5. The SMILES string of the molecule is CC(Nc1ccc(SC(F)F)cc1)c1ccc(Br)cc1Br. The molecule has 0 saturated heterocycles. The van der Waals surface area contributed by atoms with Gasteiger partial charge in [-0.15, -0.1) is 0 Å². The van der Waals surface area contributed by atoms with Crippen LogP contribution in [0.3, 0.4) is 0 Å². The molecule has 112 valence electrons. The Kier molecular flexibility index (Phi) is 6.08. The standard InChI is InChI=1S/C15H13Br2F2NS/c1-9(13-7-2-10(16)8-14(13)17)20-11-3-5-12(6-4-11)21-15(18)19/h2-9,15,20H,1H3. The van der Waals surface area contributed by atoms with Gasteiger partial charge in [-0.2, -0.15) is 8.78 Å². The number of hydrogen-bond donors (Lipinski definition) is 1. The zero-order valence-electron chi connectivity index (χ0n) is 11.1. The Hall–Kier alpha value is -0.590. The zero-order chi connectivity index (χ0) is 15.4. The molecule has 0 aliphatic carbocycles. The molecule has 0 aromatic heterocycles. The minimum atomic E-state index is -2.39. The molecule has 0 amide bonds. The molecular formula is C15H13Br2F2NS. The molecule has 1 atom stereocenters. The Labute approximate surface area is 143 Å². The molecule has 0 heterocycles. The molecule has 0 bridgehead atoms. The predicted octanol–water partition coefficient (Wildman–Crippen LogP) is 6.70. The van der Waals surface area contributed by atoms with Crippen LogP contribution in [0.2, 0.25) is 0 Å². The van der Waals surface area contributed by atoms with Crippen LogP contribution < -0.4 is 5.32 Å². The van der Waals surface area contributed by atoms with E-state index in [2.05, 4.69) is 44.1 Å². The smallest absolute Gasteiger partial charge is 0.288 e. The highest BCUT2D eigenvalue weighted by atomic mass is 79.9. The molecule has 1 N–H and O–H groups in total. The molecule has 1 nitrogen and oxygen atoms in total. The minimum absolute atomic E-state index is 0.0982. The lowest BCUT2D eigenvalue weighted by atomic mass is 10.1. The third kappa shape index (κ3) is 4.97. The van der Waals surface area contributed by atoms with Crippen molar-refractivity contribution < 1.29 is 8.78 Å². The molecule has 2 aromatic carbocycles. The average Bonchev–Trinajstić information content (AvgIpc) is 2.40. The van der Waals surface area contributed by atoms with Gasteiger partial charge in [-0.25, -0.2) is 0 Å². The summed E-state index contributed by atoms with van der Waals surface area (Å²) in [6.45, 7) is 2.05. The highest BCUT2D eigenvalue weighted by molar-refractivity contribution is 9.11. The third-order valence-electron chi connectivity index (χ3n) is 2.89. The predicted molar refractivity (Wildman–Crippen MR) is 92.2 cm³/mol. The van der Waals surface area contributed by atoms with E-state index in [9.17, 15) is 8.78 Å². The first-order valence-electron chi connectivity index (χ1n) is 6.22. The van der Waals surface area contributed by atoms with Gasteiger partial charge in [0, 0.05) is 25.6 Å². The molecule has 0 fully saturated rings. The van der Waals surface area contributed by atoms with Crippen molar-refractivity contribution >= 4 is 49.3 Å². The monoisotopic (exact) mass is 435 g/mol. The van der Waals surface area contributed by atoms with Crippen LogP contribution >= 0.6 is 43.6 Å². The quantitative estimate of drug-likeness (QED) is 0.523. The van der Waals surface area contributed by atoms with Crippen LogP contribution in [0.5, 0.6) is 0 Å². The van der Waals surface area contributed by atoms with Gasteiger partial charge in [0.25, 0.3) is 5.76 Å². The summed E-state index contributed by atoms with van der Waals surface area (Å²) in [6.07, 6.45) is 0. The van der Waals surface area contributed by atoms with Gasteiger partial charge in [0.1, 0.15) is 0 Å². The van der Waals surface area contributed by atoms with Crippen molar-refractivity contribution in [1.29, 1.82) is 0 Å². The summed E-state index contributed by atoms with van der Waals surface area (Å²) in [6, 6.07) is 13.1. The number of halogens is 4.